The van der Waals surface area contributed by atoms with Crippen molar-refractivity contribution in [3.8, 4) is 11.8 Å². The Bertz CT molecular complexity index is 796. The van der Waals surface area contributed by atoms with Crippen LogP contribution in [0.1, 0.15) is 18.1 Å². The molecule has 2 aromatic rings. The van der Waals surface area contributed by atoms with E-state index in [1.807, 2.05) is 30.3 Å². The Morgan fingerprint density at radius 1 is 1.16 bits per heavy atom. The minimum absolute atomic E-state index is 0.0990. The van der Waals surface area contributed by atoms with Crippen LogP contribution in [0.15, 0.2) is 48.5 Å². The molecule has 0 bridgehead atoms. The van der Waals surface area contributed by atoms with Gasteiger partial charge in [-0.15, -0.1) is 0 Å². The van der Waals surface area contributed by atoms with Crippen LogP contribution in [0, 0.1) is 23.5 Å². The van der Waals surface area contributed by atoms with Crippen LogP contribution in [0.2, 0.25) is 0 Å². The molecule has 6 heteroatoms. The molecular formula is C19H18F2N2O2. The first-order valence-electron chi connectivity index (χ1n) is 7.62. The number of halogens is 2. The number of aliphatic hydroxyl groups is 1. The fourth-order valence-electron chi connectivity index (χ4n) is 2.13. The summed E-state index contributed by atoms with van der Waals surface area (Å²) in [5.74, 6) is 4.06. The maximum absolute atomic E-state index is 13.7. The van der Waals surface area contributed by atoms with Crippen LogP contribution in [-0.4, -0.2) is 24.2 Å². The lowest BCUT2D eigenvalue weighted by atomic mass is 9.95. The number of benzene rings is 2. The largest absolute Gasteiger partial charge is 0.383 e. The first-order chi connectivity index (χ1) is 11.9. The van der Waals surface area contributed by atoms with Gasteiger partial charge in [0.15, 0.2) is 0 Å². The van der Waals surface area contributed by atoms with Gasteiger partial charge in [0.2, 0.25) is 0 Å². The van der Waals surface area contributed by atoms with Gasteiger partial charge < -0.3 is 15.7 Å². The Morgan fingerprint density at radius 3 is 2.56 bits per heavy atom. The number of urea groups is 1. The summed E-state index contributed by atoms with van der Waals surface area (Å²) in [6, 6.07) is 11.6. The van der Waals surface area contributed by atoms with Crippen LogP contribution >= 0.6 is 0 Å². The fraction of sp³-hybridized carbons (Fsp3) is 0.211. The molecule has 0 saturated heterocycles. The van der Waals surface area contributed by atoms with Gasteiger partial charge in [0, 0.05) is 17.2 Å². The van der Waals surface area contributed by atoms with Gasteiger partial charge in [-0.05, 0) is 25.1 Å². The van der Waals surface area contributed by atoms with Crippen molar-refractivity contribution >= 4 is 6.03 Å². The van der Waals surface area contributed by atoms with E-state index >= 15 is 0 Å². The van der Waals surface area contributed by atoms with Crippen LogP contribution < -0.4 is 10.6 Å². The van der Waals surface area contributed by atoms with E-state index in [9.17, 15) is 18.7 Å². The lowest BCUT2D eigenvalue weighted by Gasteiger charge is -2.24. The second-order valence-electron chi connectivity index (χ2n) is 5.60. The third kappa shape index (κ3) is 5.59. The van der Waals surface area contributed by atoms with Crippen molar-refractivity contribution in [1.29, 1.82) is 0 Å². The van der Waals surface area contributed by atoms with Crippen molar-refractivity contribution in [2.24, 2.45) is 0 Å². The Balaban J connectivity index is 1.83. The van der Waals surface area contributed by atoms with Crippen molar-refractivity contribution in [1.82, 2.24) is 10.6 Å². The molecule has 0 radical (unpaired) electrons. The molecule has 4 nitrogen and oxygen atoms in total. The molecule has 0 aliphatic rings. The Kier molecular flexibility index (Phi) is 6.09. The summed E-state index contributed by atoms with van der Waals surface area (Å²) in [4.78, 5) is 11.7. The number of carbonyl (C=O) groups is 1. The summed E-state index contributed by atoms with van der Waals surface area (Å²) in [6.07, 6.45) is 0. The summed E-state index contributed by atoms with van der Waals surface area (Å²) < 4.78 is 26.7. The van der Waals surface area contributed by atoms with Crippen molar-refractivity contribution < 1.29 is 18.7 Å². The van der Waals surface area contributed by atoms with Gasteiger partial charge in [-0.2, -0.15) is 0 Å². The number of nitrogens with one attached hydrogen (secondary N) is 2. The molecule has 0 heterocycles. The Hall–Kier alpha value is -2.91. The first kappa shape index (κ1) is 18.4. The third-order valence-corrected chi connectivity index (χ3v) is 3.45. The lowest BCUT2D eigenvalue weighted by molar-refractivity contribution is 0.0556. The average Bonchev–Trinajstić information content (AvgIpc) is 2.57. The monoisotopic (exact) mass is 344 g/mol. The average molecular weight is 344 g/mol. The fourth-order valence-corrected chi connectivity index (χ4v) is 2.13. The van der Waals surface area contributed by atoms with Gasteiger partial charge >= 0.3 is 6.03 Å². The molecule has 130 valence electrons. The maximum atomic E-state index is 13.7. The standard InChI is InChI=1S/C19H18F2N2O2/c1-19(25,16-10-9-15(20)12-17(16)21)13-23-18(24)22-11-5-8-14-6-3-2-4-7-14/h2-4,6-7,9-10,12,25H,11,13H2,1H3,(H2,22,23,24). The Labute approximate surface area is 144 Å². The summed E-state index contributed by atoms with van der Waals surface area (Å²) >= 11 is 0. The maximum Gasteiger partial charge on any atom is 0.315 e. The van der Waals surface area contributed by atoms with Crippen LogP contribution in [-0.2, 0) is 5.60 Å². The van der Waals surface area contributed by atoms with Crippen LogP contribution in [0.4, 0.5) is 13.6 Å². The second-order valence-corrected chi connectivity index (χ2v) is 5.60. The molecule has 1 unspecified atom stereocenters. The lowest BCUT2D eigenvalue weighted by Crippen LogP contribution is -2.43. The van der Waals surface area contributed by atoms with E-state index in [1.165, 1.54) is 6.92 Å². The zero-order valence-corrected chi connectivity index (χ0v) is 13.6. The number of hydrogen-bond donors (Lipinski definition) is 3. The highest BCUT2D eigenvalue weighted by Gasteiger charge is 2.27. The van der Waals surface area contributed by atoms with E-state index in [2.05, 4.69) is 22.5 Å². The smallest absolute Gasteiger partial charge is 0.315 e. The number of hydrogen-bond acceptors (Lipinski definition) is 2. The molecule has 2 aromatic carbocycles. The zero-order valence-electron chi connectivity index (χ0n) is 13.6. The molecule has 2 amide bonds. The SMILES string of the molecule is CC(O)(CNC(=O)NCC#Cc1ccccc1)c1ccc(F)cc1F. The van der Waals surface area contributed by atoms with Gasteiger partial charge in [0.1, 0.15) is 17.2 Å². The molecule has 25 heavy (non-hydrogen) atoms. The van der Waals surface area contributed by atoms with Crippen molar-refractivity contribution in [3.63, 3.8) is 0 Å². The summed E-state index contributed by atoms with van der Waals surface area (Å²) in [7, 11) is 0. The number of amides is 2. The second kappa shape index (κ2) is 8.27. The third-order valence-electron chi connectivity index (χ3n) is 3.45. The van der Waals surface area contributed by atoms with Crippen molar-refractivity contribution in [2.75, 3.05) is 13.1 Å². The van der Waals surface area contributed by atoms with Gasteiger partial charge in [0.25, 0.3) is 0 Å². The minimum Gasteiger partial charge on any atom is -0.383 e. The van der Waals surface area contributed by atoms with E-state index in [0.29, 0.717) is 6.07 Å². The molecular weight excluding hydrogens is 326 g/mol. The summed E-state index contributed by atoms with van der Waals surface area (Å²) in [5.41, 5.74) is -0.942. The van der Waals surface area contributed by atoms with Crippen molar-refractivity contribution in [2.45, 2.75) is 12.5 Å². The van der Waals surface area contributed by atoms with Gasteiger partial charge in [-0.1, -0.05) is 36.1 Å². The predicted molar refractivity (Wildman–Crippen MR) is 90.7 cm³/mol. The van der Waals surface area contributed by atoms with Crippen molar-refractivity contribution in [3.05, 3.63) is 71.3 Å². The molecule has 2 rings (SSSR count). The van der Waals surface area contributed by atoms with Crippen LogP contribution in [0.5, 0.6) is 0 Å². The molecule has 1 atom stereocenters. The molecule has 3 N–H and O–H groups in total. The number of carbonyl (C=O) groups excluding carboxylic acids is 1. The highest BCUT2D eigenvalue weighted by molar-refractivity contribution is 5.74. The first-order valence-corrected chi connectivity index (χ1v) is 7.62. The molecule has 0 aliphatic heterocycles. The van der Waals surface area contributed by atoms with Gasteiger partial charge in [0.05, 0.1) is 13.1 Å². The van der Waals surface area contributed by atoms with Gasteiger partial charge in [-0.3, -0.25) is 0 Å². The molecule has 0 saturated carbocycles. The highest BCUT2D eigenvalue weighted by Crippen LogP contribution is 2.23. The quantitative estimate of drug-likeness (QED) is 0.747. The predicted octanol–water partition coefficient (Wildman–Crippen LogP) is 2.52. The molecule has 0 spiro atoms. The topological polar surface area (TPSA) is 61.4 Å². The molecule has 0 aromatic heterocycles. The summed E-state index contributed by atoms with van der Waals surface area (Å²) in [6.45, 7) is 1.21. The van der Waals surface area contributed by atoms with E-state index < -0.39 is 23.3 Å². The van der Waals surface area contributed by atoms with E-state index in [1.54, 1.807) is 0 Å². The zero-order chi connectivity index (χ0) is 18.3. The summed E-state index contributed by atoms with van der Waals surface area (Å²) in [5, 5.41) is 15.2. The van der Waals surface area contributed by atoms with E-state index in [4.69, 9.17) is 0 Å². The highest BCUT2D eigenvalue weighted by atomic mass is 19.1. The van der Waals surface area contributed by atoms with Crippen LogP contribution in [0.3, 0.4) is 0 Å². The number of rotatable bonds is 4. The Morgan fingerprint density at radius 2 is 1.88 bits per heavy atom. The van der Waals surface area contributed by atoms with E-state index in [-0.39, 0.29) is 18.7 Å². The van der Waals surface area contributed by atoms with E-state index in [0.717, 1.165) is 17.7 Å². The molecule has 0 fully saturated rings. The minimum atomic E-state index is -1.68. The van der Waals surface area contributed by atoms with Crippen LogP contribution in [0.25, 0.3) is 0 Å². The van der Waals surface area contributed by atoms with Gasteiger partial charge in [-0.25, -0.2) is 13.6 Å². The molecule has 0 aliphatic carbocycles. The normalized spacial score (nSPS) is 12.5.